The van der Waals surface area contributed by atoms with Crippen molar-refractivity contribution in [2.45, 2.75) is 20.8 Å². The summed E-state index contributed by atoms with van der Waals surface area (Å²) in [5, 5.41) is 0.992. The average Bonchev–Trinajstić information content (AvgIpc) is 2.87. The highest BCUT2D eigenvalue weighted by Gasteiger charge is 2.13. The molecule has 0 aliphatic rings. The molecule has 0 saturated heterocycles. The molecule has 1 N–H and O–H groups in total. The third kappa shape index (κ3) is 3.08. The number of fused-ring (bicyclic) bond motifs is 1. The fraction of sp³-hybridized carbons (Fsp3) is 0.200. The number of aryl methyl sites for hydroxylation is 3. The highest BCUT2D eigenvalue weighted by Crippen LogP contribution is 2.22. The van der Waals surface area contributed by atoms with E-state index in [-0.39, 0.29) is 12.4 Å². The van der Waals surface area contributed by atoms with Gasteiger partial charge in [0.15, 0.2) is 12.4 Å². The second-order valence-corrected chi connectivity index (χ2v) is 6.00. The molecule has 1 aromatic heterocycles. The van der Waals surface area contributed by atoms with Crippen LogP contribution in [0, 0.1) is 20.8 Å². The smallest absolute Gasteiger partial charge is 0.338 e. The van der Waals surface area contributed by atoms with E-state index in [1.54, 1.807) is 24.3 Å². The second kappa shape index (κ2) is 6.32. The second-order valence-electron chi connectivity index (χ2n) is 6.00. The highest BCUT2D eigenvalue weighted by molar-refractivity contribution is 6.00. The molecule has 3 rings (SSSR count). The van der Waals surface area contributed by atoms with Gasteiger partial charge < -0.3 is 9.72 Å². The SMILES string of the molecule is Cc1ccc(C(=O)COC(=O)c2ccc3[nH]c(C)c(C)c3c2)cc1. The van der Waals surface area contributed by atoms with Gasteiger partial charge in [-0.2, -0.15) is 0 Å². The van der Waals surface area contributed by atoms with Crippen LogP contribution in [0.25, 0.3) is 10.9 Å². The van der Waals surface area contributed by atoms with Crippen LogP contribution in [0.4, 0.5) is 0 Å². The van der Waals surface area contributed by atoms with Gasteiger partial charge in [0.25, 0.3) is 0 Å². The number of ketones is 1. The van der Waals surface area contributed by atoms with E-state index in [2.05, 4.69) is 4.98 Å². The van der Waals surface area contributed by atoms with Gasteiger partial charge in [-0.3, -0.25) is 4.79 Å². The molecule has 3 aromatic rings. The first-order chi connectivity index (χ1) is 11.5. The van der Waals surface area contributed by atoms with Crippen molar-refractivity contribution in [3.05, 3.63) is 70.4 Å². The van der Waals surface area contributed by atoms with Crippen molar-refractivity contribution < 1.29 is 14.3 Å². The Labute approximate surface area is 140 Å². The number of hydrogen-bond acceptors (Lipinski definition) is 3. The van der Waals surface area contributed by atoms with Crippen LogP contribution in [0.5, 0.6) is 0 Å². The molecule has 0 aliphatic carbocycles. The number of aromatic nitrogens is 1. The Balaban J connectivity index is 1.71. The van der Waals surface area contributed by atoms with Crippen LogP contribution in [0.1, 0.15) is 37.5 Å². The quantitative estimate of drug-likeness (QED) is 0.580. The number of H-pyrrole nitrogens is 1. The van der Waals surface area contributed by atoms with Crippen LogP contribution < -0.4 is 0 Å². The highest BCUT2D eigenvalue weighted by atomic mass is 16.5. The number of ether oxygens (including phenoxy) is 1. The lowest BCUT2D eigenvalue weighted by atomic mass is 10.1. The number of rotatable bonds is 4. The Morgan fingerprint density at radius 1 is 0.958 bits per heavy atom. The van der Waals surface area contributed by atoms with Crippen LogP contribution in [0.2, 0.25) is 0 Å². The summed E-state index contributed by atoms with van der Waals surface area (Å²) in [6.07, 6.45) is 0. The predicted molar refractivity (Wildman–Crippen MR) is 93.6 cm³/mol. The summed E-state index contributed by atoms with van der Waals surface area (Å²) >= 11 is 0. The van der Waals surface area contributed by atoms with Crippen molar-refractivity contribution in [1.82, 2.24) is 4.98 Å². The predicted octanol–water partition coefficient (Wildman–Crippen LogP) is 4.13. The van der Waals surface area contributed by atoms with E-state index < -0.39 is 5.97 Å². The molecule has 4 nitrogen and oxygen atoms in total. The van der Waals surface area contributed by atoms with Crippen molar-refractivity contribution in [3.8, 4) is 0 Å². The third-order valence-corrected chi connectivity index (χ3v) is 4.25. The van der Waals surface area contributed by atoms with E-state index in [1.807, 2.05) is 39.0 Å². The zero-order valence-electron chi connectivity index (χ0n) is 14.0. The van der Waals surface area contributed by atoms with Gasteiger partial charge in [0.05, 0.1) is 5.56 Å². The Bertz CT molecular complexity index is 920. The van der Waals surface area contributed by atoms with Gasteiger partial charge >= 0.3 is 5.97 Å². The Morgan fingerprint density at radius 3 is 2.33 bits per heavy atom. The summed E-state index contributed by atoms with van der Waals surface area (Å²) in [5.41, 5.74) is 5.23. The number of hydrogen-bond donors (Lipinski definition) is 1. The number of carbonyl (C=O) groups is 2. The van der Waals surface area contributed by atoms with Crippen molar-refractivity contribution in [2.24, 2.45) is 0 Å². The van der Waals surface area contributed by atoms with E-state index >= 15 is 0 Å². The first-order valence-corrected chi connectivity index (χ1v) is 7.81. The lowest BCUT2D eigenvalue weighted by molar-refractivity contribution is 0.0475. The molecule has 4 heteroatoms. The number of Topliss-reactive ketones (excluding diaryl/α,β-unsaturated/α-hetero) is 1. The number of esters is 1. The van der Waals surface area contributed by atoms with Gasteiger partial charge in [0.2, 0.25) is 0 Å². The molecule has 122 valence electrons. The molecule has 0 atom stereocenters. The molecular formula is C20H19NO3. The van der Waals surface area contributed by atoms with Gasteiger partial charge in [0, 0.05) is 22.2 Å². The molecule has 2 aromatic carbocycles. The lowest BCUT2D eigenvalue weighted by Crippen LogP contribution is -2.14. The molecule has 0 spiro atoms. The summed E-state index contributed by atoms with van der Waals surface area (Å²) in [7, 11) is 0. The van der Waals surface area contributed by atoms with Crippen molar-refractivity contribution >= 4 is 22.7 Å². The largest absolute Gasteiger partial charge is 0.454 e. The van der Waals surface area contributed by atoms with Gasteiger partial charge in [-0.25, -0.2) is 4.79 Å². The van der Waals surface area contributed by atoms with Crippen LogP contribution in [0.3, 0.4) is 0 Å². The lowest BCUT2D eigenvalue weighted by Gasteiger charge is -2.05. The van der Waals surface area contributed by atoms with Crippen molar-refractivity contribution in [1.29, 1.82) is 0 Å². The van der Waals surface area contributed by atoms with E-state index in [9.17, 15) is 9.59 Å². The molecular weight excluding hydrogens is 302 g/mol. The summed E-state index contributed by atoms with van der Waals surface area (Å²) in [6, 6.07) is 12.6. The molecule has 0 saturated carbocycles. The Hall–Kier alpha value is -2.88. The third-order valence-electron chi connectivity index (χ3n) is 4.25. The van der Waals surface area contributed by atoms with Gasteiger partial charge in [0.1, 0.15) is 0 Å². The maximum Gasteiger partial charge on any atom is 0.338 e. The molecule has 0 amide bonds. The zero-order valence-corrected chi connectivity index (χ0v) is 14.0. The molecule has 0 fully saturated rings. The summed E-state index contributed by atoms with van der Waals surface area (Å²) in [5.74, 6) is -0.700. The minimum atomic E-state index is -0.490. The van der Waals surface area contributed by atoms with E-state index in [0.717, 1.165) is 27.7 Å². The normalized spacial score (nSPS) is 10.8. The molecule has 24 heavy (non-hydrogen) atoms. The fourth-order valence-electron chi connectivity index (χ4n) is 2.63. The van der Waals surface area contributed by atoms with Gasteiger partial charge in [-0.05, 0) is 44.5 Å². The molecule has 0 radical (unpaired) electrons. The van der Waals surface area contributed by atoms with Crippen LogP contribution in [-0.2, 0) is 4.74 Å². The number of nitrogens with one attached hydrogen (secondary N) is 1. The number of carbonyl (C=O) groups excluding carboxylic acids is 2. The minimum Gasteiger partial charge on any atom is -0.454 e. The first kappa shape index (κ1) is 16.0. The monoisotopic (exact) mass is 321 g/mol. The average molecular weight is 321 g/mol. The topological polar surface area (TPSA) is 59.2 Å². The van der Waals surface area contributed by atoms with Gasteiger partial charge in [-0.15, -0.1) is 0 Å². The van der Waals surface area contributed by atoms with Crippen molar-refractivity contribution in [3.63, 3.8) is 0 Å². The summed E-state index contributed by atoms with van der Waals surface area (Å²) < 4.78 is 5.17. The first-order valence-electron chi connectivity index (χ1n) is 7.81. The molecule has 1 heterocycles. The van der Waals surface area contributed by atoms with Gasteiger partial charge in [-0.1, -0.05) is 29.8 Å². The molecule has 0 unspecified atom stereocenters. The van der Waals surface area contributed by atoms with E-state index in [4.69, 9.17) is 4.74 Å². The number of aromatic amines is 1. The summed E-state index contributed by atoms with van der Waals surface area (Å²) in [4.78, 5) is 27.6. The Morgan fingerprint density at radius 2 is 1.62 bits per heavy atom. The fourth-order valence-corrected chi connectivity index (χ4v) is 2.63. The standard InChI is InChI=1S/C20H19NO3/c1-12-4-6-15(7-5-12)19(22)11-24-20(23)16-8-9-18-17(10-16)13(2)14(3)21-18/h4-10,21H,11H2,1-3H3. The van der Waals surface area contributed by atoms with E-state index in [0.29, 0.717) is 11.1 Å². The summed E-state index contributed by atoms with van der Waals surface area (Å²) in [6.45, 7) is 5.69. The molecule has 0 aliphatic heterocycles. The van der Waals surface area contributed by atoms with Crippen LogP contribution in [0.15, 0.2) is 42.5 Å². The maximum absolute atomic E-state index is 12.2. The maximum atomic E-state index is 12.2. The zero-order chi connectivity index (χ0) is 17.3. The van der Waals surface area contributed by atoms with E-state index in [1.165, 1.54) is 0 Å². The minimum absolute atomic E-state index is 0.210. The van der Waals surface area contributed by atoms with Crippen molar-refractivity contribution in [2.75, 3.05) is 6.61 Å². The molecule has 0 bridgehead atoms. The Kier molecular flexibility index (Phi) is 4.21. The van der Waals surface area contributed by atoms with Crippen LogP contribution >= 0.6 is 0 Å². The van der Waals surface area contributed by atoms with Crippen LogP contribution in [-0.4, -0.2) is 23.3 Å². The number of benzene rings is 2.